The van der Waals surface area contributed by atoms with Gasteiger partial charge in [0.1, 0.15) is 18.1 Å². The van der Waals surface area contributed by atoms with Gasteiger partial charge in [0.2, 0.25) is 5.82 Å². The third-order valence-electron chi connectivity index (χ3n) is 6.64. The number of carbonyl (C=O) groups excluding carboxylic acids is 3. The van der Waals surface area contributed by atoms with Crippen molar-refractivity contribution in [1.82, 2.24) is 20.9 Å². The van der Waals surface area contributed by atoms with Crippen LogP contribution in [0, 0.1) is 5.82 Å². The van der Waals surface area contributed by atoms with Crippen molar-refractivity contribution in [1.29, 1.82) is 0 Å². The molecule has 4 heterocycles. The summed E-state index contributed by atoms with van der Waals surface area (Å²) in [7, 11) is 1.38. The van der Waals surface area contributed by atoms with E-state index < -0.39 is 23.3 Å². The van der Waals surface area contributed by atoms with Crippen molar-refractivity contribution in [2.75, 3.05) is 26.9 Å². The molecule has 0 radical (unpaired) electrons. The van der Waals surface area contributed by atoms with Gasteiger partial charge >= 0.3 is 6.03 Å². The van der Waals surface area contributed by atoms with Crippen LogP contribution in [0.1, 0.15) is 27.2 Å². The zero-order valence-electron chi connectivity index (χ0n) is 18.7. The number of furan rings is 1. The molecule has 3 aliphatic heterocycles. The van der Waals surface area contributed by atoms with E-state index >= 15 is 0 Å². The van der Waals surface area contributed by atoms with Crippen LogP contribution in [0.15, 0.2) is 34.7 Å². The Balaban J connectivity index is 1.37. The lowest BCUT2D eigenvalue weighted by Gasteiger charge is -2.34. The number of benzene rings is 2. The van der Waals surface area contributed by atoms with Crippen molar-refractivity contribution in [2.45, 2.75) is 18.5 Å². The summed E-state index contributed by atoms with van der Waals surface area (Å²) in [4.78, 5) is 39.3. The molecular formula is C24H21FN4O6. The first kappa shape index (κ1) is 21.4. The molecule has 35 heavy (non-hydrogen) atoms. The average molecular weight is 480 g/mol. The Kier molecular flexibility index (Phi) is 4.71. The van der Waals surface area contributed by atoms with Crippen LogP contribution in [-0.2, 0) is 23.3 Å². The molecule has 0 unspecified atom stereocenters. The number of hydrogen-bond donors (Lipinski definition) is 3. The zero-order valence-corrected chi connectivity index (χ0v) is 18.7. The molecule has 3 aromatic rings. The van der Waals surface area contributed by atoms with E-state index in [1.165, 1.54) is 13.2 Å². The summed E-state index contributed by atoms with van der Waals surface area (Å²) in [5.74, 6) is -0.935. The molecule has 0 aliphatic carbocycles. The topological polar surface area (TPSA) is 122 Å². The standard InChI is InChI=1S/C24H21FN4O6/c1-33-16-3-2-13-9-29(11-34-20(13)19(16)25)10-24(22(31)27-23(32)28-24)18-7-14-6-12-4-5-26-21(30)15(12)8-17(14)35-18/h2-3,6-8H,4-5,9-11H2,1H3,(H,26,30)(H2,27,28,31,32)/t24-/m0/s1. The largest absolute Gasteiger partial charge is 0.494 e. The lowest BCUT2D eigenvalue weighted by atomic mass is 9.94. The van der Waals surface area contributed by atoms with E-state index in [1.807, 2.05) is 6.07 Å². The quantitative estimate of drug-likeness (QED) is 0.487. The van der Waals surface area contributed by atoms with E-state index in [1.54, 1.807) is 23.1 Å². The highest BCUT2D eigenvalue weighted by molar-refractivity contribution is 6.08. The molecule has 11 heteroatoms. The fraction of sp³-hybridized carbons (Fsp3) is 0.292. The monoisotopic (exact) mass is 480 g/mol. The van der Waals surface area contributed by atoms with Crippen LogP contribution in [0.3, 0.4) is 0 Å². The zero-order chi connectivity index (χ0) is 24.3. The number of rotatable bonds is 4. The second-order valence-electron chi connectivity index (χ2n) is 8.81. The normalized spacial score (nSPS) is 21.6. The lowest BCUT2D eigenvalue weighted by molar-refractivity contribution is -0.126. The molecule has 1 aromatic heterocycles. The van der Waals surface area contributed by atoms with Gasteiger partial charge in [-0.1, -0.05) is 6.07 Å². The Morgan fingerprint density at radius 3 is 2.80 bits per heavy atom. The first-order valence-corrected chi connectivity index (χ1v) is 11.1. The van der Waals surface area contributed by atoms with Crippen LogP contribution < -0.4 is 25.4 Å². The van der Waals surface area contributed by atoms with E-state index in [0.717, 1.165) is 10.9 Å². The van der Waals surface area contributed by atoms with E-state index in [-0.39, 0.29) is 43.0 Å². The van der Waals surface area contributed by atoms with Gasteiger partial charge in [-0.3, -0.25) is 19.8 Å². The van der Waals surface area contributed by atoms with Gasteiger partial charge in [0.15, 0.2) is 17.0 Å². The van der Waals surface area contributed by atoms with Gasteiger partial charge in [-0.15, -0.1) is 0 Å². The molecule has 0 bridgehead atoms. The Bertz CT molecular complexity index is 1420. The molecule has 0 spiro atoms. The Morgan fingerprint density at radius 1 is 1.17 bits per heavy atom. The van der Waals surface area contributed by atoms with E-state index in [9.17, 15) is 18.8 Å². The van der Waals surface area contributed by atoms with Gasteiger partial charge in [-0.2, -0.15) is 4.39 Å². The number of carbonyl (C=O) groups is 3. The number of methoxy groups -OCH3 is 1. The summed E-state index contributed by atoms with van der Waals surface area (Å²) in [6.45, 7) is 0.817. The molecule has 1 atom stereocenters. The second kappa shape index (κ2) is 7.70. The number of imide groups is 1. The van der Waals surface area contributed by atoms with E-state index in [0.29, 0.717) is 29.7 Å². The first-order chi connectivity index (χ1) is 16.9. The van der Waals surface area contributed by atoms with Crippen LogP contribution in [0.4, 0.5) is 9.18 Å². The molecular weight excluding hydrogens is 459 g/mol. The van der Waals surface area contributed by atoms with Crippen molar-refractivity contribution in [3.05, 3.63) is 58.6 Å². The van der Waals surface area contributed by atoms with Gasteiger partial charge in [-0.25, -0.2) is 4.79 Å². The molecule has 3 aliphatic rings. The smallest absolute Gasteiger partial charge is 0.322 e. The van der Waals surface area contributed by atoms with Crippen LogP contribution in [0.2, 0.25) is 0 Å². The number of ether oxygens (including phenoxy) is 2. The summed E-state index contributed by atoms with van der Waals surface area (Å²) in [6, 6.07) is 7.79. The van der Waals surface area contributed by atoms with Crippen LogP contribution in [0.25, 0.3) is 11.0 Å². The number of nitrogens with zero attached hydrogens (tertiary/aromatic N) is 1. The molecule has 2 aromatic carbocycles. The highest BCUT2D eigenvalue weighted by Crippen LogP contribution is 2.37. The fourth-order valence-corrected chi connectivity index (χ4v) is 4.92. The highest BCUT2D eigenvalue weighted by Gasteiger charge is 2.52. The van der Waals surface area contributed by atoms with Gasteiger partial charge in [0.05, 0.1) is 7.11 Å². The van der Waals surface area contributed by atoms with Crippen molar-refractivity contribution in [3.63, 3.8) is 0 Å². The number of hydrogen-bond acceptors (Lipinski definition) is 7. The number of halogens is 1. The van der Waals surface area contributed by atoms with E-state index in [2.05, 4.69) is 16.0 Å². The van der Waals surface area contributed by atoms with Crippen molar-refractivity contribution < 1.29 is 32.7 Å². The molecule has 180 valence electrons. The maximum absolute atomic E-state index is 14.6. The summed E-state index contributed by atoms with van der Waals surface area (Å²) < 4.78 is 31.3. The maximum atomic E-state index is 14.6. The van der Waals surface area contributed by atoms with Crippen molar-refractivity contribution in [3.8, 4) is 11.5 Å². The maximum Gasteiger partial charge on any atom is 0.322 e. The third-order valence-corrected chi connectivity index (χ3v) is 6.64. The van der Waals surface area contributed by atoms with Gasteiger partial charge in [-0.05, 0) is 36.2 Å². The SMILES string of the molecule is COc1ccc2c(c1F)OCN(C[C@@]1(c3cc4cc5c(cc4o3)C(=O)NCC5)NC(=O)NC1=O)C2. The molecule has 1 saturated heterocycles. The van der Waals surface area contributed by atoms with Gasteiger partial charge in [0, 0.05) is 36.1 Å². The van der Waals surface area contributed by atoms with Gasteiger partial charge in [0.25, 0.3) is 11.8 Å². The molecule has 1 fully saturated rings. The molecule has 6 rings (SSSR count). The van der Waals surface area contributed by atoms with Crippen LogP contribution in [-0.4, -0.2) is 49.7 Å². The van der Waals surface area contributed by atoms with Crippen LogP contribution in [0.5, 0.6) is 11.5 Å². The molecule has 3 N–H and O–H groups in total. The summed E-state index contributed by atoms with van der Waals surface area (Å²) >= 11 is 0. The third kappa shape index (κ3) is 3.30. The summed E-state index contributed by atoms with van der Waals surface area (Å²) in [6.07, 6.45) is 0.686. The summed E-state index contributed by atoms with van der Waals surface area (Å²) in [5.41, 5.74) is 0.888. The van der Waals surface area contributed by atoms with Gasteiger partial charge < -0.3 is 24.5 Å². The predicted octanol–water partition coefficient (Wildman–Crippen LogP) is 1.75. The average Bonchev–Trinajstić information content (AvgIpc) is 3.38. The minimum atomic E-state index is -1.54. The number of nitrogens with one attached hydrogen (secondary N) is 3. The Morgan fingerprint density at radius 2 is 2.03 bits per heavy atom. The van der Waals surface area contributed by atoms with Crippen LogP contribution >= 0.6 is 0 Å². The van der Waals surface area contributed by atoms with Crippen molar-refractivity contribution in [2.24, 2.45) is 0 Å². The Labute approximate surface area is 198 Å². The van der Waals surface area contributed by atoms with E-state index in [4.69, 9.17) is 13.9 Å². The second-order valence-corrected chi connectivity index (χ2v) is 8.81. The van der Waals surface area contributed by atoms with Crippen molar-refractivity contribution >= 4 is 28.8 Å². The highest BCUT2D eigenvalue weighted by atomic mass is 19.1. The fourth-order valence-electron chi connectivity index (χ4n) is 4.92. The molecule has 4 amide bonds. The number of fused-ring (bicyclic) bond motifs is 3. The number of urea groups is 1. The minimum Gasteiger partial charge on any atom is -0.494 e. The Hall–Kier alpha value is -4.12. The first-order valence-electron chi connectivity index (χ1n) is 11.1. The lowest BCUT2D eigenvalue weighted by Crippen LogP contribution is -2.53. The minimum absolute atomic E-state index is 0.0116. The predicted molar refractivity (Wildman–Crippen MR) is 119 cm³/mol. The number of amides is 4. The molecule has 0 saturated carbocycles. The summed E-state index contributed by atoms with van der Waals surface area (Å²) in [5, 5.41) is 8.52. The molecule has 10 nitrogen and oxygen atoms in total.